The average molecular weight is 694 g/mol. The van der Waals surface area contributed by atoms with Crippen LogP contribution in [0.2, 0.25) is 0 Å². The third-order valence-electron chi connectivity index (χ3n) is 9.95. The quantitative estimate of drug-likeness (QED) is 0.108. The summed E-state index contributed by atoms with van der Waals surface area (Å²) in [7, 11) is 0. The van der Waals surface area contributed by atoms with E-state index < -0.39 is 5.54 Å². The number of rotatable bonds is 11. The van der Waals surface area contributed by atoms with Crippen molar-refractivity contribution in [2.24, 2.45) is 0 Å². The Morgan fingerprint density at radius 3 is 1.87 bits per heavy atom. The van der Waals surface area contributed by atoms with E-state index in [1.165, 1.54) is 0 Å². The van der Waals surface area contributed by atoms with Crippen LogP contribution in [0.1, 0.15) is 47.8 Å². The molecule has 0 aliphatic carbocycles. The molecule has 2 N–H and O–H groups in total. The number of nitrogens with zero attached hydrogens (tertiary/aromatic N) is 6. The molecule has 0 aliphatic heterocycles. The largest absolute Gasteiger partial charge is 0.399 e. The van der Waals surface area contributed by atoms with E-state index in [1.54, 1.807) is 16.7 Å². The predicted molar refractivity (Wildman–Crippen MR) is 211 cm³/mol. The summed E-state index contributed by atoms with van der Waals surface area (Å²) in [6.45, 7) is 2.55. The summed E-state index contributed by atoms with van der Waals surface area (Å²) in [5.41, 5.74) is 13.3. The summed E-state index contributed by atoms with van der Waals surface area (Å²) in [4.78, 5) is 18.7. The zero-order valence-corrected chi connectivity index (χ0v) is 29.5. The second kappa shape index (κ2) is 14.5. The Morgan fingerprint density at radius 1 is 0.679 bits per heavy atom. The maximum absolute atomic E-state index is 13.8. The predicted octanol–water partition coefficient (Wildman–Crippen LogP) is 8.53. The molecular weight excluding hydrogens is 655 g/mol. The number of nitrogens with two attached hydrogens (primary N) is 1. The maximum atomic E-state index is 13.8. The van der Waals surface area contributed by atoms with E-state index in [1.807, 2.05) is 41.1 Å². The Balaban J connectivity index is 1.23. The monoisotopic (exact) mass is 693 g/mol. The van der Waals surface area contributed by atoms with Crippen LogP contribution in [0, 0.1) is 0 Å². The third-order valence-corrected chi connectivity index (χ3v) is 9.95. The molecule has 8 nitrogen and oxygen atoms in total. The minimum atomic E-state index is -0.874. The van der Waals surface area contributed by atoms with E-state index in [9.17, 15) is 4.79 Å². The molecule has 2 aromatic heterocycles. The number of hydrogen-bond donors (Lipinski definition) is 1. The summed E-state index contributed by atoms with van der Waals surface area (Å²) >= 11 is 0. The van der Waals surface area contributed by atoms with Crippen molar-refractivity contribution in [1.82, 2.24) is 29.8 Å². The number of benzene rings is 6. The van der Waals surface area contributed by atoms with Crippen LogP contribution < -0.4 is 11.3 Å². The second-order valence-electron chi connectivity index (χ2n) is 13.3. The van der Waals surface area contributed by atoms with Gasteiger partial charge < -0.3 is 5.73 Å². The summed E-state index contributed by atoms with van der Waals surface area (Å²) < 4.78 is 3.76. The molecule has 0 saturated carbocycles. The first-order chi connectivity index (χ1) is 26.1. The van der Waals surface area contributed by atoms with Crippen LogP contribution in [-0.2, 0) is 18.5 Å². The van der Waals surface area contributed by atoms with Crippen molar-refractivity contribution in [3.63, 3.8) is 0 Å². The summed E-state index contributed by atoms with van der Waals surface area (Å²) in [6, 6.07) is 53.2. The first-order valence-corrected chi connectivity index (χ1v) is 18.0. The van der Waals surface area contributed by atoms with Gasteiger partial charge in [-0.1, -0.05) is 153 Å². The van der Waals surface area contributed by atoms with Crippen molar-refractivity contribution in [3.8, 4) is 22.5 Å². The van der Waals surface area contributed by atoms with Gasteiger partial charge in [0.05, 0.1) is 17.4 Å². The van der Waals surface area contributed by atoms with Crippen LogP contribution >= 0.6 is 0 Å². The van der Waals surface area contributed by atoms with E-state index in [4.69, 9.17) is 21.0 Å². The Bertz CT molecular complexity index is 2450. The highest BCUT2D eigenvalue weighted by Gasteiger charge is 2.42. The lowest BCUT2D eigenvalue weighted by Crippen LogP contribution is -2.39. The lowest BCUT2D eigenvalue weighted by atomic mass is 9.77. The number of nitrogen functional groups attached to an aromatic ring is 1. The van der Waals surface area contributed by atoms with Crippen molar-refractivity contribution in [3.05, 3.63) is 196 Å². The number of tetrazole rings is 1. The minimum Gasteiger partial charge on any atom is -0.399 e. The van der Waals surface area contributed by atoms with Crippen molar-refractivity contribution in [1.29, 1.82) is 0 Å². The fourth-order valence-corrected chi connectivity index (χ4v) is 7.36. The molecular formula is C45H39N7O. The Labute approximate surface area is 308 Å². The van der Waals surface area contributed by atoms with Crippen LogP contribution in [-0.4, -0.2) is 29.8 Å². The van der Waals surface area contributed by atoms with Gasteiger partial charge in [-0.05, 0) is 68.4 Å². The summed E-state index contributed by atoms with van der Waals surface area (Å²) in [5.74, 6) is 1.42. The van der Waals surface area contributed by atoms with Crippen LogP contribution in [0.5, 0.6) is 0 Å². The Hall–Kier alpha value is -6.67. The van der Waals surface area contributed by atoms with Gasteiger partial charge in [0.1, 0.15) is 11.4 Å². The molecule has 0 spiro atoms. The highest BCUT2D eigenvalue weighted by atomic mass is 16.1. The fourth-order valence-electron chi connectivity index (χ4n) is 7.36. The Morgan fingerprint density at radius 2 is 1.26 bits per heavy atom. The second-order valence-corrected chi connectivity index (χ2v) is 13.3. The molecule has 260 valence electrons. The number of aromatic nitrogens is 6. The number of anilines is 1. The molecule has 0 saturated heterocycles. The molecule has 0 fully saturated rings. The van der Waals surface area contributed by atoms with Crippen molar-refractivity contribution in [2.45, 2.75) is 38.3 Å². The first kappa shape index (κ1) is 33.5. The fraction of sp³-hybridized carbons (Fsp3) is 0.133. The molecule has 0 bridgehead atoms. The maximum Gasteiger partial charge on any atom is 0.261 e. The van der Waals surface area contributed by atoms with Crippen LogP contribution in [0.25, 0.3) is 33.4 Å². The number of unbranched alkanes of at least 4 members (excludes halogenated alkanes) is 1. The first-order valence-electron chi connectivity index (χ1n) is 18.0. The molecule has 8 heteroatoms. The van der Waals surface area contributed by atoms with Crippen LogP contribution in [0.15, 0.2) is 163 Å². The zero-order valence-electron chi connectivity index (χ0n) is 29.5. The summed E-state index contributed by atoms with van der Waals surface area (Å²) in [5, 5.41) is 14.3. The molecule has 0 unspecified atom stereocenters. The van der Waals surface area contributed by atoms with Gasteiger partial charge in [-0.3, -0.25) is 9.36 Å². The van der Waals surface area contributed by atoms with Gasteiger partial charge in [-0.25, -0.2) is 9.67 Å². The Kier molecular flexibility index (Phi) is 9.17. The zero-order chi connectivity index (χ0) is 36.2. The molecule has 8 rings (SSSR count). The average Bonchev–Trinajstić information content (AvgIpc) is 3.70. The van der Waals surface area contributed by atoms with Gasteiger partial charge in [0.2, 0.25) is 0 Å². The lowest BCUT2D eigenvalue weighted by Gasteiger charge is -2.36. The molecule has 0 aliphatic rings. The van der Waals surface area contributed by atoms with E-state index in [0.717, 1.165) is 64.0 Å². The van der Waals surface area contributed by atoms with Gasteiger partial charge in [-0.2, -0.15) is 0 Å². The smallest absolute Gasteiger partial charge is 0.261 e. The third kappa shape index (κ3) is 6.18. The van der Waals surface area contributed by atoms with E-state index in [2.05, 4.69) is 121 Å². The van der Waals surface area contributed by atoms with E-state index in [-0.39, 0.29) is 5.56 Å². The van der Waals surface area contributed by atoms with Gasteiger partial charge in [-0.15, -0.1) is 5.10 Å². The highest BCUT2D eigenvalue weighted by Crippen LogP contribution is 2.43. The molecule has 8 aromatic rings. The normalized spacial score (nSPS) is 11.6. The van der Waals surface area contributed by atoms with Crippen LogP contribution in [0.3, 0.4) is 0 Å². The summed E-state index contributed by atoms with van der Waals surface area (Å²) in [6.07, 6.45) is 2.68. The molecule has 0 amide bonds. The SMILES string of the molecule is CCCCc1nc2ccc(N)cc2c(=O)n1Cc1ccc(-c2ccccc2-c2nnnn2C(c2ccccc2)(c2ccccc2)c2ccccc2)cc1. The minimum absolute atomic E-state index is 0.0756. The number of hydrogen-bond acceptors (Lipinski definition) is 6. The van der Waals surface area contributed by atoms with Crippen molar-refractivity contribution in [2.75, 3.05) is 5.73 Å². The molecule has 53 heavy (non-hydrogen) atoms. The van der Waals surface area contributed by atoms with Gasteiger partial charge in [0, 0.05) is 17.7 Å². The van der Waals surface area contributed by atoms with Crippen LogP contribution in [0.4, 0.5) is 5.69 Å². The lowest BCUT2D eigenvalue weighted by molar-refractivity contribution is 0.451. The molecule has 2 heterocycles. The highest BCUT2D eigenvalue weighted by molar-refractivity contribution is 5.82. The molecule has 6 aromatic carbocycles. The molecule has 0 radical (unpaired) electrons. The van der Waals surface area contributed by atoms with Gasteiger partial charge in [0.15, 0.2) is 5.82 Å². The topological polar surface area (TPSA) is 105 Å². The van der Waals surface area contributed by atoms with E-state index in [0.29, 0.717) is 29.0 Å². The number of fused-ring (bicyclic) bond motifs is 1. The van der Waals surface area contributed by atoms with Crippen molar-refractivity contribution >= 4 is 16.6 Å². The van der Waals surface area contributed by atoms with E-state index >= 15 is 0 Å². The number of aryl methyl sites for hydroxylation is 1. The van der Waals surface area contributed by atoms with Gasteiger partial charge in [0.25, 0.3) is 5.56 Å². The van der Waals surface area contributed by atoms with Crippen molar-refractivity contribution < 1.29 is 0 Å². The van der Waals surface area contributed by atoms with Gasteiger partial charge >= 0.3 is 0 Å². The standard InChI is InChI=1S/C45H39N7O/c1-2-3-23-42-47-41-29-28-37(46)30-40(41)44(53)51(42)31-32-24-26-33(27-25-32)38-21-13-14-22-39(38)43-48-49-50-52(43)45(34-15-7-4-8-16-34,35-17-9-5-10-18-35)36-19-11-6-12-20-36/h4-22,24-30H,2-3,23,31,46H2,1H3. The molecule has 0 atom stereocenters.